The number of aryl methyl sites for hydroxylation is 1. The van der Waals surface area contributed by atoms with Crippen LogP contribution in [0, 0.1) is 17.0 Å². The van der Waals surface area contributed by atoms with E-state index >= 15 is 0 Å². The number of hydrogen-bond donors (Lipinski definition) is 0. The van der Waals surface area contributed by atoms with Crippen LogP contribution >= 0.6 is 0 Å². The third-order valence-electron chi connectivity index (χ3n) is 5.10. The molecule has 1 aromatic heterocycles. The zero-order valence-corrected chi connectivity index (χ0v) is 16.5. The molecule has 1 amide bonds. The highest BCUT2D eigenvalue weighted by Gasteiger charge is 2.22. The lowest BCUT2D eigenvalue weighted by molar-refractivity contribution is -0.384. The minimum Gasteiger partial charge on any atom is -0.368 e. The number of nitro benzene ring substituents is 1. The first-order chi connectivity index (χ1) is 14.5. The van der Waals surface area contributed by atoms with Crippen LogP contribution < -0.4 is 4.90 Å². The van der Waals surface area contributed by atoms with Crippen molar-refractivity contribution in [2.75, 3.05) is 31.1 Å². The predicted molar refractivity (Wildman–Crippen MR) is 110 cm³/mol. The Morgan fingerprint density at radius 1 is 1.03 bits per heavy atom. The number of nitro groups is 1. The number of carbonyl (C=O) groups is 1. The molecule has 2 heterocycles. The van der Waals surface area contributed by atoms with Gasteiger partial charge in [-0.05, 0) is 24.3 Å². The fourth-order valence-corrected chi connectivity index (χ4v) is 3.35. The third kappa shape index (κ3) is 4.27. The van der Waals surface area contributed by atoms with E-state index in [-0.39, 0.29) is 18.1 Å². The SMILES string of the molecule is Cc1ccc(-c2nnn(CC(=O)N3CCN(c4ccc([N+](=O)[O-])cc4)CC3)n2)cc1. The number of rotatable bonds is 5. The number of anilines is 1. The Morgan fingerprint density at radius 2 is 1.70 bits per heavy atom. The number of benzene rings is 2. The van der Waals surface area contributed by atoms with Crippen LogP contribution in [-0.2, 0) is 11.3 Å². The zero-order chi connectivity index (χ0) is 21.1. The number of piperazine rings is 1. The molecule has 0 bridgehead atoms. The quantitative estimate of drug-likeness (QED) is 0.469. The summed E-state index contributed by atoms with van der Waals surface area (Å²) in [5.74, 6) is 0.428. The summed E-state index contributed by atoms with van der Waals surface area (Å²) < 4.78 is 0. The van der Waals surface area contributed by atoms with Crippen molar-refractivity contribution in [2.24, 2.45) is 0 Å². The highest BCUT2D eigenvalue weighted by molar-refractivity contribution is 5.76. The Morgan fingerprint density at radius 3 is 2.33 bits per heavy atom. The van der Waals surface area contributed by atoms with Gasteiger partial charge in [-0.3, -0.25) is 14.9 Å². The van der Waals surface area contributed by atoms with E-state index in [1.54, 1.807) is 17.0 Å². The second kappa shape index (κ2) is 8.27. The van der Waals surface area contributed by atoms with Gasteiger partial charge in [-0.15, -0.1) is 10.2 Å². The van der Waals surface area contributed by atoms with Gasteiger partial charge in [0.1, 0.15) is 6.54 Å². The Labute approximate surface area is 172 Å². The Kier molecular flexibility index (Phi) is 5.38. The van der Waals surface area contributed by atoms with Crippen molar-refractivity contribution in [1.29, 1.82) is 0 Å². The Hall–Kier alpha value is -3.82. The molecule has 4 rings (SSSR count). The average Bonchev–Trinajstić information content (AvgIpc) is 3.23. The number of hydrogen-bond acceptors (Lipinski definition) is 7. The minimum absolute atomic E-state index is 0.0381. The minimum atomic E-state index is -0.414. The van der Waals surface area contributed by atoms with Crippen LogP contribution in [0.2, 0.25) is 0 Å². The lowest BCUT2D eigenvalue weighted by atomic mass is 10.1. The van der Waals surface area contributed by atoms with Crippen molar-refractivity contribution in [3.05, 3.63) is 64.2 Å². The van der Waals surface area contributed by atoms with E-state index in [0.29, 0.717) is 32.0 Å². The fourth-order valence-electron chi connectivity index (χ4n) is 3.35. The first-order valence-electron chi connectivity index (χ1n) is 9.61. The smallest absolute Gasteiger partial charge is 0.269 e. The van der Waals surface area contributed by atoms with E-state index in [2.05, 4.69) is 20.3 Å². The number of nitrogens with zero attached hydrogens (tertiary/aromatic N) is 7. The molecule has 10 heteroatoms. The van der Waals surface area contributed by atoms with Crippen LogP contribution in [0.5, 0.6) is 0 Å². The number of amides is 1. The van der Waals surface area contributed by atoms with Crippen molar-refractivity contribution >= 4 is 17.3 Å². The predicted octanol–water partition coefficient (Wildman–Crippen LogP) is 1.91. The van der Waals surface area contributed by atoms with Gasteiger partial charge in [-0.1, -0.05) is 29.8 Å². The maximum absolute atomic E-state index is 12.6. The zero-order valence-electron chi connectivity index (χ0n) is 16.5. The molecule has 1 aliphatic heterocycles. The van der Waals surface area contributed by atoms with Crippen LogP contribution in [0.25, 0.3) is 11.4 Å². The van der Waals surface area contributed by atoms with Gasteiger partial charge < -0.3 is 9.80 Å². The Bertz CT molecular complexity index is 1040. The molecule has 154 valence electrons. The number of tetrazole rings is 1. The molecule has 0 saturated carbocycles. The molecule has 10 nitrogen and oxygen atoms in total. The summed E-state index contributed by atoms with van der Waals surface area (Å²) in [6.45, 7) is 4.49. The van der Waals surface area contributed by atoms with Crippen molar-refractivity contribution in [1.82, 2.24) is 25.1 Å². The molecule has 1 saturated heterocycles. The summed E-state index contributed by atoms with van der Waals surface area (Å²) in [6, 6.07) is 14.3. The average molecular weight is 407 g/mol. The highest BCUT2D eigenvalue weighted by Crippen LogP contribution is 2.21. The number of carbonyl (C=O) groups excluding carboxylic acids is 1. The maximum Gasteiger partial charge on any atom is 0.269 e. The van der Waals surface area contributed by atoms with Gasteiger partial charge in [-0.25, -0.2) is 0 Å². The molecule has 0 radical (unpaired) electrons. The summed E-state index contributed by atoms with van der Waals surface area (Å²) in [5, 5.41) is 23.1. The molecular weight excluding hydrogens is 386 g/mol. The summed E-state index contributed by atoms with van der Waals surface area (Å²) in [6.07, 6.45) is 0. The van der Waals surface area contributed by atoms with E-state index in [0.717, 1.165) is 16.8 Å². The van der Waals surface area contributed by atoms with Crippen LogP contribution in [0.4, 0.5) is 11.4 Å². The molecule has 3 aromatic rings. The molecule has 1 aliphatic rings. The monoisotopic (exact) mass is 407 g/mol. The fraction of sp³-hybridized carbons (Fsp3) is 0.300. The normalized spacial score (nSPS) is 14.0. The number of aromatic nitrogens is 4. The van der Waals surface area contributed by atoms with E-state index in [1.165, 1.54) is 16.9 Å². The molecule has 0 N–H and O–H groups in total. The molecule has 0 spiro atoms. The molecule has 0 aliphatic carbocycles. The number of non-ortho nitro benzene ring substituents is 1. The molecule has 0 unspecified atom stereocenters. The van der Waals surface area contributed by atoms with Crippen molar-refractivity contribution < 1.29 is 9.72 Å². The maximum atomic E-state index is 12.6. The second-order valence-corrected chi connectivity index (χ2v) is 7.15. The van der Waals surface area contributed by atoms with Crippen LogP contribution in [0.1, 0.15) is 5.56 Å². The van der Waals surface area contributed by atoms with Crippen molar-refractivity contribution in [2.45, 2.75) is 13.5 Å². The summed E-state index contributed by atoms with van der Waals surface area (Å²) in [7, 11) is 0. The van der Waals surface area contributed by atoms with E-state index in [1.807, 2.05) is 31.2 Å². The van der Waals surface area contributed by atoms with Gasteiger partial charge in [0.05, 0.1) is 4.92 Å². The van der Waals surface area contributed by atoms with Gasteiger partial charge in [0.2, 0.25) is 11.7 Å². The summed E-state index contributed by atoms with van der Waals surface area (Å²) in [4.78, 5) is 28.2. The molecule has 0 atom stereocenters. The Balaban J connectivity index is 1.32. The van der Waals surface area contributed by atoms with Crippen LogP contribution in [-0.4, -0.2) is 62.1 Å². The first-order valence-corrected chi connectivity index (χ1v) is 9.61. The van der Waals surface area contributed by atoms with Crippen molar-refractivity contribution in [3.63, 3.8) is 0 Å². The first kappa shape index (κ1) is 19.5. The highest BCUT2D eigenvalue weighted by atomic mass is 16.6. The third-order valence-corrected chi connectivity index (χ3v) is 5.10. The van der Waals surface area contributed by atoms with Crippen LogP contribution in [0.15, 0.2) is 48.5 Å². The standard InChI is InChI=1S/C20H21N7O3/c1-15-2-4-16(5-3-15)20-21-23-26(22-20)14-19(28)25-12-10-24(11-13-25)17-6-8-18(9-7-17)27(29)30/h2-9H,10-14H2,1H3. The van der Waals surface area contributed by atoms with Gasteiger partial charge in [0.25, 0.3) is 5.69 Å². The lowest BCUT2D eigenvalue weighted by Gasteiger charge is -2.36. The van der Waals surface area contributed by atoms with E-state index in [4.69, 9.17) is 0 Å². The van der Waals surface area contributed by atoms with Gasteiger partial charge in [0, 0.05) is 49.6 Å². The summed E-state index contributed by atoms with van der Waals surface area (Å²) in [5.41, 5.74) is 2.98. The van der Waals surface area contributed by atoms with E-state index < -0.39 is 4.92 Å². The lowest BCUT2D eigenvalue weighted by Crippen LogP contribution is -2.49. The molecular formula is C20H21N7O3. The van der Waals surface area contributed by atoms with Gasteiger partial charge in [-0.2, -0.15) is 4.80 Å². The summed E-state index contributed by atoms with van der Waals surface area (Å²) >= 11 is 0. The van der Waals surface area contributed by atoms with Gasteiger partial charge >= 0.3 is 0 Å². The largest absolute Gasteiger partial charge is 0.368 e. The van der Waals surface area contributed by atoms with Crippen LogP contribution in [0.3, 0.4) is 0 Å². The van der Waals surface area contributed by atoms with E-state index in [9.17, 15) is 14.9 Å². The second-order valence-electron chi connectivity index (χ2n) is 7.15. The molecule has 2 aromatic carbocycles. The topological polar surface area (TPSA) is 110 Å². The van der Waals surface area contributed by atoms with Crippen molar-refractivity contribution in [3.8, 4) is 11.4 Å². The van der Waals surface area contributed by atoms with Gasteiger partial charge in [0.15, 0.2) is 0 Å². The molecule has 1 fully saturated rings. The molecule has 30 heavy (non-hydrogen) atoms.